The molecule has 0 heterocycles. The first kappa shape index (κ1) is 15.0. The minimum atomic E-state index is -0.278. The van der Waals surface area contributed by atoms with Gasteiger partial charge in [0.05, 0.1) is 12.9 Å². The van der Waals surface area contributed by atoms with E-state index in [9.17, 15) is 9.59 Å². The molecule has 4 heteroatoms. The minimum absolute atomic E-state index is 0.0854. The monoisotopic (exact) mass is 261 g/mol. The van der Waals surface area contributed by atoms with E-state index in [4.69, 9.17) is 4.74 Å². The van der Waals surface area contributed by atoms with Gasteiger partial charge in [0.25, 0.3) is 5.91 Å². The van der Waals surface area contributed by atoms with Crippen LogP contribution in [0.3, 0.4) is 0 Å². The number of ketones is 1. The van der Waals surface area contributed by atoms with Gasteiger partial charge in [0.15, 0.2) is 5.78 Å². The van der Waals surface area contributed by atoms with E-state index < -0.39 is 0 Å². The summed E-state index contributed by atoms with van der Waals surface area (Å²) in [6, 6.07) is 6.94. The van der Waals surface area contributed by atoms with Gasteiger partial charge < -0.3 is 10.1 Å². The van der Waals surface area contributed by atoms with Gasteiger partial charge in [-0.25, -0.2) is 0 Å². The van der Waals surface area contributed by atoms with Crippen molar-refractivity contribution in [2.75, 3.05) is 12.4 Å². The third-order valence-corrected chi connectivity index (χ3v) is 2.59. The van der Waals surface area contributed by atoms with E-state index in [-0.39, 0.29) is 11.7 Å². The second kappa shape index (κ2) is 7.36. The minimum Gasteiger partial charge on any atom is -0.501 e. The van der Waals surface area contributed by atoms with Crippen LogP contribution in [-0.4, -0.2) is 18.8 Å². The average Bonchev–Trinajstić information content (AvgIpc) is 2.39. The van der Waals surface area contributed by atoms with Gasteiger partial charge in [0, 0.05) is 23.7 Å². The second-order valence-corrected chi connectivity index (χ2v) is 4.20. The summed E-state index contributed by atoms with van der Waals surface area (Å²) in [7, 11) is 1.50. The number of anilines is 1. The number of allylic oxidation sites excluding steroid dienone is 1. The van der Waals surface area contributed by atoms with Gasteiger partial charge in [-0.15, -0.1) is 0 Å². The molecule has 0 unspecified atom stereocenters. The number of nitrogens with one attached hydrogen (secondary N) is 1. The Kier molecular flexibility index (Phi) is 5.79. The lowest BCUT2D eigenvalue weighted by Gasteiger charge is -2.05. The van der Waals surface area contributed by atoms with Gasteiger partial charge in [0.1, 0.15) is 0 Å². The molecular formula is C15H19NO3. The highest BCUT2D eigenvalue weighted by Crippen LogP contribution is 2.13. The zero-order valence-electron chi connectivity index (χ0n) is 11.5. The molecule has 0 atom stereocenters. The van der Waals surface area contributed by atoms with E-state index in [0.29, 0.717) is 23.4 Å². The van der Waals surface area contributed by atoms with Crippen molar-refractivity contribution < 1.29 is 14.3 Å². The van der Waals surface area contributed by atoms with Crippen LogP contribution in [0.25, 0.3) is 0 Å². The number of benzene rings is 1. The topological polar surface area (TPSA) is 55.4 Å². The fourth-order valence-electron chi connectivity index (χ4n) is 1.56. The van der Waals surface area contributed by atoms with Gasteiger partial charge in [0.2, 0.25) is 0 Å². The van der Waals surface area contributed by atoms with Crippen molar-refractivity contribution in [3.63, 3.8) is 0 Å². The van der Waals surface area contributed by atoms with Gasteiger partial charge in [-0.3, -0.25) is 9.59 Å². The van der Waals surface area contributed by atoms with Crippen molar-refractivity contribution in [3.05, 3.63) is 41.7 Å². The fraction of sp³-hybridized carbons (Fsp3) is 0.333. The van der Waals surface area contributed by atoms with Crippen LogP contribution in [0.4, 0.5) is 5.69 Å². The Morgan fingerprint density at radius 2 is 2.11 bits per heavy atom. The van der Waals surface area contributed by atoms with Crippen molar-refractivity contribution in [1.82, 2.24) is 0 Å². The van der Waals surface area contributed by atoms with E-state index in [1.807, 2.05) is 6.92 Å². The summed E-state index contributed by atoms with van der Waals surface area (Å²) < 4.78 is 4.90. The Balaban J connectivity index is 2.77. The third-order valence-electron chi connectivity index (χ3n) is 2.59. The van der Waals surface area contributed by atoms with E-state index in [1.165, 1.54) is 13.2 Å². The van der Waals surface area contributed by atoms with Crippen molar-refractivity contribution >= 4 is 17.4 Å². The molecule has 0 aliphatic rings. The first-order valence-electron chi connectivity index (χ1n) is 6.23. The number of carbonyl (C=O) groups is 2. The van der Waals surface area contributed by atoms with E-state index in [1.54, 1.807) is 31.2 Å². The molecule has 1 N–H and O–H groups in total. The van der Waals surface area contributed by atoms with Crippen LogP contribution >= 0.6 is 0 Å². The number of hydrogen-bond acceptors (Lipinski definition) is 3. The third kappa shape index (κ3) is 4.95. The maximum atomic E-state index is 11.8. The predicted octanol–water partition coefficient (Wildman–Crippen LogP) is 3.16. The molecule has 0 aliphatic carbocycles. The smallest absolute Gasteiger partial charge is 0.251 e. The first-order valence-corrected chi connectivity index (χ1v) is 6.23. The quantitative estimate of drug-likeness (QED) is 0.486. The number of Topliss-reactive ketones (excluding diaryl/α,β-unsaturated/α-hetero) is 1. The molecule has 19 heavy (non-hydrogen) atoms. The summed E-state index contributed by atoms with van der Waals surface area (Å²) in [5.41, 5.74) is 1.22. The Morgan fingerprint density at radius 1 is 1.37 bits per heavy atom. The highest BCUT2D eigenvalue weighted by atomic mass is 16.5. The van der Waals surface area contributed by atoms with Gasteiger partial charge in [-0.05, 0) is 25.5 Å². The molecule has 0 spiro atoms. The van der Waals surface area contributed by atoms with E-state index in [0.717, 1.165) is 6.42 Å². The first-order chi connectivity index (χ1) is 9.06. The number of hydrogen-bond donors (Lipinski definition) is 1. The SMILES string of the molecule is CCCC(=O)c1cccc(NC(=O)/C=C(/C)OC)c1. The number of rotatable bonds is 6. The zero-order valence-corrected chi connectivity index (χ0v) is 11.5. The summed E-state index contributed by atoms with van der Waals surface area (Å²) >= 11 is 0. The lowest BCUT2D eigenvalue weighted by Crippen LogP contribution is -2.09. The van der Waals surface area contributed by atoms with Crippen LogP contribution in [0.5, 0.6) is 0 Å². The van der Waals surface area contributed by atoms with Crippen LogP contribution in [0, 0.1) is 0 Å². The molecule has 0 saturated heterocycles. The van der Waals surface area contributed by atoms with Crippen LogP contribution in [-0.2, 0) is 9.53 Å². The van der Waals surface area contributed by atoms with E-state index >= 15 is 0 Å². The molecule has 4 nitrogen and oxygen atoms in total. The molecule has 0 radical (unpaired) electrons. The molecule has 0 aromatic heterocycles. The standard InChI is InChI=1S/C15H19NO3/c1-4-6-14(17)12-7-5-8-13(10-12)16-15(18)9-11(2)19-3/h5,7-10H,4,6H2,1-3H3,(H,16,18)/b11-9-. The maximum Gasteiger partial charge on any atom is 0.251 e. The highest BCUT2D eigenvalue weighted by Gasteiger charge is 2.06. The normalized spacial score (nSPS) is 11.0. The number of carbonyl (C=O) groups excluding carboxylic acids is 2. The Labute approximate surface area is 113 Å². The molecule has 0 aliphatic heterocycles. The van der Waals surface area contributed by atoms with Crippen LogP contribution in [0.2, 0.25) is 0 Å². The van der Waals surface area contributed by atoms with Crippen LogP contribution < -0.4 is 5.32 Å². The lowest BCUT2D eigenvalue weighted by atomic mass is 10.1. The predicted molar refractivity (Wildman–Crippen MR) is 75.1 cm³/mol. The Morgan fingerprint density at radius 3 is 2.74 bits per heavy atom. The summed E-state index contributed by atoms with van der Waals surface area (Å²) in [6.07, 6.45) is 2.69. The summed E-state index contributed by atoms with van der Waals surface area (Å²) in [5.74, 6) is 0.331. The van der Waals surface area contributed by atoms with E-state index in [2.05, 4.69) is 5.32 Å². The number of methoxy groups -OCH3 is 1. The van der Waals surface area contributed by atoms with Crippen molar-refractivity contribution in [2.45, 2.75) is 26.7 Å². The fourth-order valence-corrected chi connectivity index (χ4v) is 1.56. The average molecular weight is 261 g/mol. The second-order valence-electron chi connectivity index (χ2n) is 4.20. The molecule has 0 fully saturated rings. The number of amides is 1. The van der Waals surface area contributed by atoms with Gasteiger partial charge >= 0.3 is 0 Å². The highest BCUT2D eigenvalue weighted by molar-refractivity contribution is 6.01. The van der Waals surface area contributed by atoms with Gasteiger partial charge in [-0.2, -0.15) is 0 Å². The molecule has 1 amide bonds. The molecule has 0 bridgehead atoms. The molecule has 1 aromatic carbocycles. The van der Waals surface area contributed by atoms with Crippen molar-refractivity contribution in [3.8, 4) is 0 Å². The lowest BCUT2D eigenvalue weighted by molar-refractivity contribution is -0.112. The molecule has 102 valence electrons. The zero-order chi connectivity index (χ0) is 14.3. The molecule has 0 saturated carbocycles. The van der Waals surface area contributed by atoms with Crippen molar-refractivity contribution in [1.29, 1.82) is 0 Å². The number of ether oxygens (including phenoxy) is 1. The van der Waals surface area contributed by atoms with Crippen LogP contribution in [0.15, 0.2) is 36.1 Å². The van der Waals surface area contributed by atoms with Gasteiger partial charge in [-0.1, -0.05) is 19.1 Å². The summed E-state index contributed by atoms with van der Waals surface area (Å²) in [6.45, 7) is 3.66. The van der Waals surface area contributed by atoms with Crippen molar-refractivity contribution in [2.24, 2.45) is 0 Å². The Hall–Kier alpha value is -2.10. The Bertz CT molecular complexity index is 492. The molecular weight excluding hydrogens is 242 g/mol. The van der Waals surface area contributed by atoms with Crippen LogP contribution in [0.1, 0.15) is 37.0 Å². The summed E-state index contributed by atoms with van der Waals surface area (Å²) in [4.78, 5) is 23.4. The molecule has 1 aromatic rings. The maximum absolute atomic E-state index is 11.8. The molecule has 1 rings (SSSR count). The largest absolute Gasteiger partial charge is 0.501 e. The summed E-state index contributed by atoms with van der Waals surface area (Å²) in [5, 5.41) is 2.70.